The third kappa shape index (κ3) is 1.78. The predicted octanol–water partition coefficient (Wildman–Crippen LogP) is 1.42. The molecule has 17 heavy (non-hydrogen) atoms. The van der Waals surface area contributed by atoms with Crippen LogP contribution in [-0.2, 0) is 13.0 Å². The molecule has 1 aliphatic rings. The maximum absolute atomic E-state index is 5.34. The summed E-state index contributed by atoms with van der Waals surface area (Å²) in [6, 6.07) is 3.72. The third-order valence-electron chi connectivity index (χ3n) is 2.91. The Morgan fingerprint density at radius 1 is 1.41 bits per heavy atom. The molecule has 0 spiro atoms. The minimum Gasteiger partial charge on any atom is -0.461 e. The number of fused-ring (bicyclic) bond motifs is 1. The number of aromatic nitrogens is 2. The zero-order valence-corrected chi connectivity index (χ0v) is 9.66. The van der Waals surface area contributed by atoms with Gasteiger partial charge in [-0.1, -0.05) is 0 Å². The zero-order valence-electron chi connectivity index (χ0n) is 9.66. The van der Waals surface area contributed by atoms with Crippen LogP contribution in [0, 0.1) is 0 Å². The maximum Gasteiger partial charge on any atom is 0.197 e. The summed E-state index contributed by atoms with van der Waals surface area (Å²) in [5.74, 6) is 2.25. The Morgan fingerprint density at radius 3 is 3.12 bits per heavy atom. The molecule has 88 valence electrons. The molecule has 0 aliphatic carbocycles. The highest BCUT2D eigenvalue weighted by molar-refractivity contribution is 5.55. The largest absolute Gasteiger partial charge is 0.461 e. The van der Waals surface area contributed by atoms with E-state index in [9.17, 15) is 0 Å². The quantitative estimate of drug-likeness (QED) is 0.817. The molecule has 0 atom stereocenters. The van der Waals surface area contributed by atoms with Crippen molar-refractivity contribution in [3.05, 3.63) is 29.7 Å². The molecule has 2 N–H and O–H groups in total. The van der Waals surface area contributed by atoms with E-state index in [1.54, 1.807) is 6.26 Å². The van der Waals surface area contributed by atoms with Gasteiger partial charge in [0.25, 0.3) is 0 Å². The van der Waals surface area contributed by atoms with Crippen molar-refractivity contribution in [3.63, 3.8) is 0 Å². The Labute approximate surface area is 99.3 Å². The van der Waals surface area contributed by atoms with Gasteiger partial charge in [-0.3, -0.25) is 0 Å². The monoisotopic (exact) mass is 230 g/mol. The molecule has 0 saturated carbocycles. The summed E-state index contributed by atoms with van der Waals surface area (Å²) in [5, 5.41) is 6.45. The van der Waals surface area contributed by atoms with E-state index < -0.39 is 0 Å². The number of furan rings is 1. The highest BCUT2D eigenvalue weighted by atomic mass is 16.3. The van der Waals surface area contributed by atoms with Gasteiger partial charge < -0.3 is 15.1 Å². The molecule has 5 nitrogen and oxygen atoms in total. The van der Waals surface area contributed by atoms with Crippen molar-refractivity contribution >= 4 is 5.82 Å². The van der Waals surface area contributed by atoms with Crippen LogP contribution in [-0.4, -0.2) is 23.6 Å². The molecule has 2 aromatic rings. The summed E-state index contributed by atoms with van der Waals surface area (Å²) in [6.45, 7) is 1.79. The van der Waals surface area contributed by atoms with Crippen molar-refractivity contribution in [1.82, 2.24) is 15.3 Å². The fourth-order valence-electron chi connectivity index (χ4n) is 2.07. The average molecular weight is 230 g/mol. The van der Waals surface area contributed by atoms with Crippen LogP contribution < -0.4 is 10.6 Å². The van der Waals surface area contributed by atoms with Crippen LogP contribution in [0.2, 0.25) is 0 Å². The van der Waals surface area contributed by atoms with Crippen LogP contribution in [0.4, 0.5) is 5.82 Å². The van der Waals surface area contributed by atoms with E-state index in [1.807, 2.05) is 19.2 Å². The van der Waals surface area contributed by atoms with Crippen LogP contribution in [0.25, 0.3) is 11.6 Å². The van der Waals surface area contributed by atoms with Gasteiger partial charge in [-0.05, 0) is 12.1 Å². The normalized spacial score (nSPS) is 14.4. The summed E-state index contributed by atoms with van der Waals surface area (Å²) in [4.78, 5) is 9.07. The second-order valence-corrected chi connectivity index (χ2v) is 3.98. The van der Waals surface area contributed by atoms with Crippen molar-refractivity contribution in [2.45, 2.75) is 13.0 Å². The first kappa shape index (κ1) is 10.3. The first-order valence-electron chi connectivity index (χ1n) is 5.70. The molecule has 0 unspecified atom stereocenters. The molecule has 0 radical (unpaired) electrons. The molecular weight excluding hydrogens is 216 g/mol. The van der Waals surface area contributed by atoms with Gasteiger partial charge in [-0.25, -0.2) is 9.97 Å². The molecule has 0 bridgehead atoms. The molecule has 1 aliphatic heterocycles. The number of anilines is 1. The Hall–Kier alpha value is -1.88. The highest BCUT2D eigenvalue weighted by Crippen LogP contribution is 2.24. The van der Waals surface area contributed by atoms with Gasteiger partial charge in [-0.15, -0.1) is 0 Å². The van der Waals surface area contributed by atoms with E-state index in [-0.39, 0.29) is 0 Å². The third-order valence-corrected chi connectivity index (χ3v) is 2.91. The van der Waals surface area contributed by atoms with Gasteiger partial charge in [0.2, 0.25) is 0 Å². The SMILES string of the molecule is CNc1nc(-c2ccco2)nc2c1CNCC2. The fourth-order valence-corrected chi connectivity index (χ4v) is 2.07. The second-order valence-electron chi connectivity index (χ2n) is 3.98. The lowest BCUT2D eigenvalue weighted by Crippen LogP contribution is -2.26. The first-order valence-corrected chi connectivity index (χ1v) is 5.70. The molecule has 0 amide bonds. The Balaban J connectivity index is 2.12. The van der Waals surface area contributed by atoms with E-state index in [0.29, 0.717) is 11.6 Å². The lowest BCUT2D eigenvalue weighted by molar-refractivity contribution is 0.574. The molecule has 5 heteroatoms. The Morgan fingerprint density at radius 2 is 2.35 bits per heavy atom. The second kappa shape index (κ2) is 4.18. The average Bonchev–Trinajstić information content (AvgIpc) is 2.91. The molecule has 3 rings (SSSR count). The van der Waals surface area contributed by atoms with Crippen molar-refractivity contribution in [2.24, 2.45) is 0 Å². The van der Waals surface area contributed by atoms with Crippen molar-refractivity contribution in [2.75, 3.05) is 18.9 Å². The van der Waals surface area contributed by atoms with Crippen LogP contribution >= 0.6 is 0 Å². The van der Waals surface area contributed by atoms with Gasteiger partial charge in [-0.2, -0.15) is 0 Å². The number of nitrogens with one attached hydrogen (secondary N) is 2. The summed E-state index contributed by atoms with van der Waals surface area (Å²) >= 11 is 0. The lowest BCUT2D eigenvalue weighted by atomic mass is 10.1. The van der Waals surface area contributed by atoms with Crippen LogP contribution in [0.1, 0.15) is 11.3 Å². The maximum atomic E-state index is 5.34. The van der Waals surface area contributed by atoms with Crippen LogP contribution in [0.5, 0.6) is 0 Å². The lowest BCUT2D eigenvalue weighted by Gasteiger charge is -2.19. The number of nitrogens with zero attached hydrogens (tertiary/aromatic N) is 2. The minimum absolute atomic E-state index is 0.653. The molecule has 0 saturated heterocycles. The van der Waals surface area contributed by atoms with E-state index >= 15 is 0 Å². The van der Waals surface area contributed by atoms with Crippen molar-refractivity contribution in [1.29, 1.82) is 0 Å². The van der Waals surface area contributed by atoms with Gasteiger partial charge in [0.05, 0.1) is 12.0 Å². The van der Waals surface area contributed by atoms with Crippen molar-refractivity contribution < 1.29 is 4.42 Å². The number of hydrogen-bond donors (Lipinski definition) is 2. The molecule has 0 aromatic carbocycles. The Kier molecular flexibility index (Phi) is 2.53. The van der Waals surface area contributed by atoms with Gasteiger partial charge >= 0.3 is 0 Å². The molecule has 0 fully saturated rings. The molecular formula is C12H14N4O. The Bertz CT molecular complexity index is 504. The minimum atomic E-state index is 0.653. The molecule has 3 heterocycles. The summed E-state index contributed by atoms with van der Waals surface area (Å²) in [5.41, 5.74) is 2.27. The highest BCUT2D eigenvalue weighted by Gasteiger charge is 2.18. The number of rotatable bonds is 2. The van der Waals surface area contributed by atoms with E-state index in [1.165, 1.54) is 0 Å². The van der Waals surface area contributed by atoms with Gasteiger partial charge in [0.1, 0.15) is 5.82 Å². The van der Waals surface area contributed by atoms with Crippen LogP contribution in [0.3, 0.4) is 0 Å². The molecule has 2 aromatic heterocycles. The van der Waals surface area contributed by atoms with Gasteiger partial charge in [0, 0.05) is 32.1 Å². The fraction of sp³-hybridized carbons (Fsp3) is 0.333. The number of hydrogen-bond acceptors (Lipinski definition) is 5. The van der Waals surface area contributed by atoms with E-state index in [4.69, 9.17) is 4.42 Å². The smallest absolute Gasteiger partial charge is 0.197 e. The topological polar surface area (TPSA) is 63.0 Å². The van der Waals surface area contributed by atoms with Gasteiger partial charge in [0.15, 0.2) is 11.6 Å². The summed E-state index contributed by atoms with van der Waals surface area (Å²) in [7, 11) is 1.88. The standard InChI is InChI=1S/C12H14N4O/c1-13-11-8-7-14-5-4-9(8)15-12(16-11)10-3-2-6-17-10/h2-3,6,14H,4-5,7H2,1H3,(H,13,15,16). The zero-order chi connectivity index (χ0) is 11.7. The summed E-state index contributed by atoms with van der Waals surface area (Å²) < 4.78 is 5.34. The first-order chi connectivity index (χ1) is 8.38. The van der Waals surface area contributed by atoms with Crippen LogP contribution in [0.15, 0.2) is 22.8 Å². The predicted molar refractivity (Wildman–Crippen MR) is 64.7 cm³/mol. The van der Waals surface area contributed by atoms with Crippen molar-refractivity contribution in [3.8, 4) is 11.6 Å². The summed E-state index contributed by atoms with van der Waals surface area (Å²) in [6.07, 6.45) is 2.57. The van der Waals surface area contributed by atoms with E-state index in [2.05, 4.69) is 20.6 Å². The van der Waals surface area contributed by atoms with E-state index in [0.717, 1.165) is 36.6 Å².